The third-order valence-corrected chi connectivity index (χ3v) is 7.97. The van der Waals surface area contributed by atoms with E-state index in [0.717, 1.165) is 28.0 Å². The van der Waals surface area contributed by atoms with Crippen molar-refractivity contribution in [3.63, 3.8) is 0 Å². The first-order valence-corrected chi connectivity index (χ1v) is 12.0. The Morgan fingerprint density at radius 1 is 1.18 bits per heavy atom. The molecule has 34 heavy (non-hydrogen) atoms. The van der Waals surface area contributed by atoms with Crippen LogP contribution in [0.5, 0.6) is 0 Å². The van der Waals surface area contributed by atoms with Crippen LogP contribution >= 0.6 is 22.9 Å². The standard InChI is InChI=1S/C25H23ClF3N3OS/c1-24(2,3)20-10-9-19(34-20)21-14(12-30)23(31)32(16-5-4-6-18(33)22(16)21)17-11-13(25(27,28)29)7-8-15(17)26/h7-11,21H,4-6,31H2,1-3H3. The van der Waals surface area contributed by atoms with E-state index in [4.69, 9.17) is 17.3 Å². The number of Topliss-reactive ketones (excluding diaryl/α,β-unsaturated/α-hetero) is 1. The molecule has 0 fully saturated rings. The van der Waals surface area contributed by atoms with Crippen molar-refractivity contribution in [1.82, 2.24) is 0 Å². The molecule has 1 aromatic heterocycles. The van der Waals surface area contributed by atoms with Crippen molar-refractivity contribution in [2.75, 3.05) is 4.90 Å². The Kier molecular flexibility index (Phi) is 6.07. The summed E-state index contributed by atoms with van der Waals surface area (Å²) in [6, 6.07) is 8.98. The molecule has 1 aromatic carbocycles. The molecule has 1 aliphatic heterocycles. The summed E-state index contributed by atoms with van der Waals surface area (Å²) in [4.78, 5) is 16.5. The summed E-state index contributed by atoms with van der Waals surface area (Å²) >= 11 is 7.85. The maximum Gasteiger partial charge on any atom is 0.416 e. The summed E-state index contributed by atoms with van der Waals surface area (Å²) in [5.41, 5.74) is 6.51. The second kappa shape index (κ2) is 8.47. The van der Waals surface area contributed by atoms with Crippen LogP contribution in [0.3, 0.4) is 0 Å². The number of ketones is 1. The lowest BCUT2D eigenvalue weighted by Crippen LogP contribution is -2.38. The molecule has 2 heterocycles. The number of halogens is 4. The summed E-state index contributed by atoms with van der Waals surface area (Å²) in [6.45, 7) is 6.23. The fraction of sp³-hybridized carbons (Fsp3) is 0.360. The maximum atomic E-state index is 13.5. The third-order valence-electron chi connectivity index (χ3n) is 6.08. The highest BCUT2D eigenvalue weighted by atomic mass is 35.5. The Hall–Kier alpha value is -2.76. The quantitative estimate of drug-likeness (QED) is 0.476. The number of hydrogen-bond donors (Lipinski definition) is 1. The Balaban J connectivity index is 1.96. The first-order valence-electron chi connectivity index (χ1n) is 10.8. The van der Waals surface area contributed by atoms with Crippen LogP contribution in [-0.4, -0.2) is 5.78 Å². The number of alkyl halides is 3. The molecule has 1 aliphatic carbocycles. The van der Waals surface area contributed by atoms with Crippen molar-refractivity contribution < 1.29 is 18.0 Å². The van der Waals surface area contributed by atoms with Crippen molar-refractivity contribution in [1.29, 1.82) is 5.26 Å². The van der Waals surface area contributed by atoms with Gasteiger partial charge in [0.25, 0.3) is 0 Å². The second-order valence-corrected chi connectivity index (χ2v) is 11.0. The van der Waals surface area contributed by atoms with Gasteiger partial charge >= 0.3 is 6.18 Å². The van der Waals surface area contributed by atoms with E-state index in [1.807, 2.05) is 12.1 Å². The number of anilines is 1. The Morgan fingerprint density at radius 2 is 1.88 bits per heavy atom. The highest BCUT2D eigenvalue weighted by Crippen LogP contribution is 2.50. The lowest BCUT2D eigenvalue weighted by Gasteiger charge is -2.39. The molecule has 0 bridgehead atoms. The normalized spacial score (nSPS) is 19.4. The summed E-state index contributed by atoms with van der Waals surface area (Å²) in [6.07, 6.45) is -3.32. The van der Waals surface area contributed by atoms with Crippen molar-refractivity contribution in [3.8, 4) is 6.07 Å². The number of nitrogens with zero attached hydrogens (tertiary/aromatic N) is 2. The zero-order valence-electron chi connectivity index (χ0n) is 18.9. The van der Waals surface area contributed by atoms with Gasteiger partial charge in [0.05, 0.1) is 33.8 Å². The maximum absolute atomic E-state index is 13.5. The number of carbonyl (C=O) groups is 1. The number of nitriles is 1. The van der Waals surface area contributed by atoms with E-state index in [9.17, 15) is 23.2 Å². The summed E-state index contributed by atoms with van der Waals surface area (Å²) in [7, 11) is 0. The van der Waals surface area contributed by atoms with E-state index >= 15 is 0 Å². The van der Waals surface area contributed by atoms with Gasteiger partial charge in [-0.05, 0) is 48.6 Å². The zero-order valence-corrected chi connectivity index (χ0v) is 20.5. The summed E-state index contributed by atoms with van der Waals surface area (Å²) < 4.78 is 40.4. The minimum absolute atomic E-state index is 0.00366. The third kappa shape index (κ3) is 4.12. The minimum Gasteiger partial charge on any atom is -0.384 e. The van der Waals surface area contributed by atoms with Gasteiger partial charge in [0.2, 0.25) is 0 Å². The minimum atomic E-state index is -4.59. The van der Waals surface area contributed by atoms with Crippen LogP contribution in [0.15, 0.2) is 53.0 Å². The van der Waals surface area contributed by atoms with Crippen LogP contribution in [0.1, 0.15) is 61.3 Å². The van der Waals surface area contributed by atoms with Crippen molar-refractivity contribution in [2.45, 2.75) is 57.5 Å². The molecule has 0 saturated heterocycles. The number of carbonyl (C=O) groups excluding carboxylic acids is 1. The molecule has 0 saturated carbocycles. The van der Waals surface area contributed by atoms with E-state index in [2.05, 4.69) is 26.8 Å². The predicted molar refractivity (Wildman–Crippen MR) is 127 cm³/mol. The van der Waals surface area contributed by atoms with Crippen LogP contribution in [0, 0.1) is 11.3 Å². The van der Waals surface area contributed by atoms with E-state index in [1.165, 1.54) is 16.2 Å². The smallest absolute Gasteiger partial charge is 0.384 e. The van der Waals surface area contributed by atoms with E-state index in [0.29, 0.717) is 30.5 Å². The molecule has 1 atom stereocenters. The van der Waals surface area contributed by atoms with Crippen LogP contribution in [0.25, 0.3) is 0 Å². The number of thiophene rings is 1. The first-order chi connectivity index (χ1) is 15.8. The Labute approximate surface area is 205 Å². The van der Waals surface area contributed by atoms with Crippen molar-refractivity contribution >= 4 is 34.4 Å². The number of benzene rings is 1. The SMILES string of the molecule is CC(C)(C)c1ccc(C2C(C#N)=C(N)N(c3cc(C(F)(F)F)ccc3Cl)C3=C2C(=O)CCC3)s1. The van der Waals surface area contributed by atoms with Crippen molar-refractivity contribution in [3.05, 3.63) is 73.3 Å². The molecule has 0 spiro atoms. The van der Waals surface area contributed by atoms with Crippen LogP contribution in [-0.2, 0) is 16.4 Å². The van der Waals surface area contributed by atoms with Gasteiger partial charge in [0.1, 0.15) is 5.82 Å². The largest absolute Gasteiger partial charge is 0.416 e. The van der Waals surface area contributed by atoms with E-state index in [1.54, 1.807) is 0 Å². The molecule has 1 unspecified atom stereocenters. The van der Waals surface area contributed by atoms with Gasteiger partial charge in [-0.2, -0.15) is 18.4 Å². The first kappa shape index (κ1) is 24.4. The molecular formula is C25H23ClF3N3OS. The van der Waals surface area contributed by atoms with Gasteiger partial charge in [-0.25, -0.2) is 0 Å². The number of nitrogens with two attached hydrogens (primary N) is 1. The summed E-state index contributed by atoms with van der Waals surface area (Å²) in [5.74, 6) is -0.798. The molecule has 2 aliphatic rings. The average Bonchev–Trinajstić information content (AvgIpc) is 3.23. The number of hydrogen-bond acceptors (Lipinski definition) is 5. The van der Waals surface area contributed by atoms with Gasteiger partial charge in [0, 0.05) is 27.4 Å². The van der Waals surface area contributed by atoms with Gasteiger partial charge in [0.15, 0.2) is 5.78 Å². The molecule has 0 amide bonds. The summed E-state index contributed by atoms with van der Waals surface area (Å²) in [5, 5.41) is 10.1. The highest BCUT2D eigenvalue weighted by Gasteiger charge is 2.42. The topological polar surface area (TPSA) is 70.1 Å². The van der Waals surface area contributed by atoms with Gasteiger partial charge in [-0.1, -0.05) is 32.4 Å². The second-order valence-electron chi connectivity index (χ2n) is 9.43. The lowest BCUT2D eigenvalue weighted by atomic mass is 9.78. The average molecular weight is 506 g/mol. The Morgan fingerprint density at radius 3 is 2.47 bits per heavy atom. The van der Waals surface area contributed by atoms with Crippen LogP contribution in [0.4, 0.5) is 18.9 Å². The number of rotatable bonds is 2. The van der Waals surface area contributed by atoms with Crippen LogP contribution in [0.2, 0.25) is 5.02 Å². The zero-order chi connectivity index (χ0) is 25.0. The molecule has 9 heteroatoms. The fourth-order valence-corrected chi connectivity index (χ4v) is 5.81. The van der Waals surface area contributed by atoms with E-state index in [-0.39, 0.29) is 33.3 Å². The van der Waals surface area contributed by atoms with Gasteiger partial charge in [-0.3, -0.25) is 9.69 Å². The Bertz CT molecular complexity index is 1280. The van der Waals surface area contributed by atoms with Crippen LogP contribution < -0.4 is 10.6 Å². The van der Waals surface area contributed by atoms with Gasteiger partial charge in [-0.15, -0.1) is 11.3 Å². The molecular weight excluding hydrogens is 483 g/mol. The lowest BCUT2D eigenvalue weighted by molar-refractivity contribution is -0.137. The van der Waals surface area contributed by atoms with E-state index < -0.39 is 17.7 Å². The number of allylic oxidation sites excluding steroid dienone is 3. The van der Waals surface area contributed by atoms with Crippen molar-refractivity contribution in [2.24, 2.45) is 5.73 Å². The molecule has 178 valence electrons. The molecule has 0 radical (unpaired) electrons. The van der Waals surface area contributed by atoms with Gasteiger partial charge < -0.3 is 5.73 Å². The monoisotopic (exact) mass is 505 g/mol. The predicted octanol–water partition coefficient (Wildman–Crippen LogP) is 7.02. The fourth-order valence-electron chi connectivity index (χ4n) is 4.42. The molecule has 4 rings (SSSR count). The molecule has 2 N–H and O–H groups in total. The molecule has 2 aromatic rings. The molecule has 4 nitrogen and oxygen atoms in total. The highest BCUT2D eigenvalue weighted by molar-refractivity contribution is 7.12.